The molecule has 5 rings (SSSR count). The molecule has 0 unspecified atom stereocenters. The second-order valence-corrected chi connectivity index (χ2v) is 9.55. The van der Waals surface area contributed by atoms with Crippen LogP contribution in [0.15, 0.2) is 47.4 Å². The van der Waals surface area contributed by atoms with Crippen LogP contribution in [0.3, 0.4) is 0 Å². The SMILES string of the molecule is CC(=O)N1CCN(c2ccc(Nc3ncc4c(N)n(-c5c(Cl)cccc5Cl)c(=O)nc4n3)cc2C)CC1. The van der Waals surface area contributed by atoms with Gasteiger partial charge in [-0.3, -0.25) is 4.79 Å². The van der Waals surface area contributed by atoms with Crippen LogP contribution in [-0.2, 0) is 4.79 Å². The molecule has 0 bridgehead atoms. The molecule has 10 nitrogen and oxygen atoms in total. The molecule has 1 fully saturated rings. The monoisotopic (exact) mass is 538 g/mol. The lowest BCUT2D eigenvalue weighted by Gasteiger charge is -2.36. The molecule has 3 N–H and O–H groups in total. The quantitative estimate of drug-likeness (QED) is 0.402. The van der Waals surface area contributed by atoms with E-state index in [9.17, 15) is 9.59 Å². The molecule has 2 aromatic carbocycles. The zero-order valence-corrected chi connectivity index (χ0v) is 21.7. The molecular weight excluding hydrogens is 515 g/mol. The molecule has 1 saturated heterocycles. The van der Waals surface area contributed by atoms with Crippen LogP contribution < -0.4 is 21.6 Å². The highest BCUT2D eigenvalue weighted by atomic mass is 35.5. The number of piperazine rings is 1. The molecule has 0 radical (unpaired) electrons. The van der Waals surface area contributed by atoms with Gasteiger partial charge < -0.3 is 20.9 Å². The Labute approximate surface area is 222 Å². The summed E-state index contributed by atoms with van der Waals surface area (Å²) < 4.78 is 1.15. The van der Waals surface area contributed by atoms with Crippen molar-refractivity contribution in [2.24, 2.45) is 0 Å². The van der Waals surface area contributed by atoms with Crippen LogP contribution in [0, 0.1) is 6.92 Å². The fourth-order valence-electron chi connectivity index (χ4n) is 4.46. The van der Waals surface area contributed by atoms with Crippen LogP contribution in [0.25, 0.3) is 16.7 Å². The van der Waals surface area contributed by atoms with Crippen LogP contribution in [0.2, 0.25) is 10.0 Å². The standard InChI is InChI=1S/C25H24Cl2N8O2/c1-14-12-16(6-7-20(14)34-10-8-33(9-11-34)15(2)36)30-24-29-13-17-22(28)35(25(37)32-23(17)31-24)21-18(26)4-3-5-19(21)27/h3-7,12-13H,8-11,28H2,1-2H3,(H,30,31,32,37). The van der Waals surface area contributed by atoms with Crippen molar-refractivity contribution in [2.75, 3.05) is 42.1 Å². The maximum absolute atomic E-state index is 12.9. The largest absolute Gasteiger partial charge is 0.384 e. The number of hydrogen-bond acceptors (Lipinski definition) is 8. The van der Waals surface area contributed by atoms with Crippen molar-refractivity contribution in [2.45, 2.75) is 13.8 Å². The van der Waals surface area contributed by atoms with Crippen molar-refractivity contribution in [3.63, 3.8) is 0 Å². The number of para-hydroxylation sites is 1. The van der Waals surface area contributed by atoms with Gasteiger partial charge in [0.1, 0.15) is 5.82 Å². The van der Waals surface area contributed by atoms with Gasteiger partial charge in [0.2, 0.25) is 11.9 Å². The van der Waals surface area contributed by atoms with E-state index >= 15 is 0 Å². The molecule has 12 heteroatoms. The average molecular weight is 539 g/mol. The van der Waals surface area contributed by atoms with Crippen molar-refractivity contribution in [3.05, 3.63) is 68.7 Å². The van der Waals surface area contributed by atoms with Gasteiger partial charge in [-0.1, -0.05) is 29.3 Å². The van der Waals surface area contributed by atoms with E-state index in [1.54, 1.807) is 25.1 Å². The number of aryl methyl sites for hydroxylation is 1. The number of hydrogen-bond donors (Lipinski definition) is 2. The summed E-state index contributed by atoms with van der Waals surface area (Å²) in [5.74, 6) is 0.463. The maximum atomic E-state index is 12.9. The first-order valence-electron chi connectivity index (χ1n) is 11.6. The van der Waals surface area contributed by atoms with Crippen LogP contribution in [0.4, 0.5) is 23.1 Å². The summed E-state index contributed by atoms with van der Waals surface area (Å²) in [5.41, 5.74) is 9.02. The average Bonchev–Trinajstić information content (AvgIpc) is 2.86. The van der Waals surface area contributed by atoms with Crippen molar-refractivity contribution in [1.82, 2.24) is 24.4 Å². The van der Waals surface area contributed by atoms with E-state index < -0.39 is 5.69 Å². The van der Waals surface area contributed by atoms with Gasteiger partial charge in [-0.15, -0.1) is 0 Å². The Balaban J connectivity index is 1.40. The zero-order valence-electron chi connectivity index (χ0n) is 20.2. The first-order chi connectivity index (χ1) is 17.7. The molecule has 1 aliphatic heterocycles. The number of nitrogen functional groups attached to an aromatic ring is 1. The van der Waals surface area contributed by atoms with Gasteiger partial charge in [0.25, 0.3) is 0 Å². The van der Waals surface area contributed by atoms with Crippen molar-refractivity contribution in [1.29, 1.82) is 0 Å². The Hall–Kier alpha value is -3.89. The van der Waals surface area contributed by atoms with Crippen molar-refractivity contribution < 1.29 is 4.79 Å². The van der Waals surface area contributed by atoms with E-state index in [2.05, 4.69) is 25.2 Å². The Morgan fingerprint density at radius 2 is 1.76 bits per heavy atom. The number of carbonyl (C=O) groups excluding carboxylic acids is 1. The van der Waals surface area contributed by atoms with E-state index in [0.29, 0.717) is 18.5 Å². The zero-order chi connectivity index (χ0) is 26.3. The Bertz CT molecular complexity index is 1560. The summed E-state index contributed by atoms with van der Waals surface area (Å²) in [5, 5.41) is 4.08. The van der Waals surface area contributed by atoms with Gasteiger partial charge in [0.05, 0.1) is 21.1 Å². The highest BCUT2D eigenvalue weighted by Crippen LogP contribution is 2.31. The fourth-order valence-corrected chi connectivity index (χ4v) is 5.03. The number of benzene rings is 2. The second kappa shape index (κ2) is 9.87. The minimum atomic E-state index is -0.658. The topological polar surface area (TPSA) is 122 Å². The second-order valence-electron chi connectivity index (χ2n) is 8.74. The van der Waals surface area contributed by atoms with Crippen LogP contribution in [0.1, 0.15) is 12.5 Å². The van der Waals surface area contributed by atoms with Gasteiger partial charge in [-0.05, 0) is 42.8 Å². The summed E-state index contributed by atoms with van der Waals surface area (Å²) in [7, 11) is 0. The van der Waals surface area contributed by atoms with E-state index in [1.807, 2.05) is 30.0 Å². The Morgan fingerprint density at radius 3 is 2.41 bits per heavy atom. The number of fused-ring (bicyclic) bond motifs is 1. The molecule has 2 aromatic heterocycles. The molecule has 0 spiro atoms. The molecule has 1 amide bonds. The third kappa shape index (κ3) is 4.77. The molecule has 190 valence electrons. The first kappa shape index (κ1) is 24.8. The lowest BCUT2D eigenvalue weighted by atomic mass is 10.1. The third-order valence-corrected chi connectivity index (χ3v) is 6.97. The Morgan fingerprint density at radius 1 is 1.05 bits per heavy atom. The van der Waals surface area contributed by atoms with Crippen molar-refractivity contribution in [3.8, 4) is 5.69 Å². The highest BCUT2D eigenvalue weighted by Gasteiger charge is 2.20. The van der Waals surface area contributed by atoms with Gasteiger partial charge >= 0.3 is 5.69 Å². The number of carbonyl (C=O) groups is 1. The minimum Gasteiger partial charge on any atom is -0.384 e. The number of nitrogens with zero attached hydrogens (tertiary/aromatic N) is 6. The molecular formula is C25H24Cl2N8O2. The maximum Gasteiger partial charge on any atom is 0.355 e. The highest BCUT2D eigenvalue weighted by molar-refractivity contribution is 6.37. The molecule has 37 heavy (non-hydrogen) atoms. The number of rotatable bonds is 4. The fraction of sp³-hybridized carbons (Fsp3) is 0.240. The Kier molecular flexibility index (Phi) is 6.61. The van der Waals surface area contributed by atoms with E-state index in [-0.39, 0.29) is 39.1 Å². The van der Waals surface area contributed by atoms with Crippen LogP contribution in [0.5, 0.6) is 0 Å². The number of aromatic nitrogens is 4. The number of nitrogens with two attached hydrogens (primary N) is 1. The summed E-state index contributed by atoms with van der Waals surface area (Å²) in [4.78, 5) is 41.5. The molecule has 4 aromatic rings. The van der Waals surface area contributed by atoms with Gasteiger partial charge in [0.15, 0.2) is 5.65 Å². The van der Waals surface area contributed by atoms with E-state index in [1.165, 1.54) is 6.20 Å². The van der Waals surface area contributed by atoms with Gasteiger partial charge in [-0.2, -0.15) is 9.97 Å². The molecule has 0 atom stereocenters. The predicted molar refractivity (Wildman–Crippen MR) is 146 cm³/mol. The minimum absolute atomic E-state index is 0.0848. The van der Waals surface area contributed by atoms with Crippen molar-refractivity contribution >= 4 is 63.3 Å². The number of anilines is 4. The normalized spacial score (nSPS) is 13.7. The number of amides is 1. The van der Waals surface area contributed by atoms with E-state index in [4.69, 9.17) is 28.9 Å². The summed E-state index contributed by atoms with van der Waals surface area (Å²) in [6.45, 7) is 6.62. The van der Waals surface area contributed by atoms with E-state index in [0.717, 1.165) is 34.6 Å². The first-order valence-corrected chi connectivity index (χ1v) is 12.4. The lowest BCUT2D eigenvalue weighted by molar-refractivity contribution is -0.129. The molecule has 0 aliphatic carbocycles. The number of nitrogens with one attached hydrogen (secondary N) is 1. The summed E-state index contributed by atoms with van der Waals surface area (Å²) in [6.07, 6.45) is 1.50. The summed E-state index contributed by atoms with van der Waals surface area (Å²) >= 11 is 12.6. The molecule has 0 saturated carbocycles. The van der Waals surface area contributed by atoms with Crippen LogP contribution >= 0.6 is 23.2 Å². The third-order valence-electron chi connectivity index (χ3n) is 6.36. The van der Waals surface area contributed by atoms with Gasteiger partial charge in [-0.25, -0.2) is 14.3 Å². The molecule has 1 aliphatic rings. The summed E-state index contributed by atoms with van der Waals surface area (Å²) in [6, 6.07) is 10.9. The lowest BCUT2D eigenvalue weighted by Crippen LogP contribution is -2.48. The number of halogens is 2. The van der Waals surface area contributed by atoms with Gasteiger partial charge in [0, 0.05) is 50.7 Å². The predicted octanol–water partition coefficient (Wildman–Crippen LogP) is 3.79. The smallest absolute Gasteiger partial charge is 0.355 e. The molecule has 3 heterocycles. The van der Waals surface area contributed by atoms with Crippen LogP contribution in [-0.4, -0.2) is 56.5 Å².